The van der Waals surface area contributed by atoms with E-state index in [0.717, 1.165) is 37.7 Å². The molecule has 8 aliphatic rings. The topological polar surface area (TPSA) is 292 Å². The van der Waals surface area contributed by atoms with E-state index >= 15 is 0 Å². The monoisotopic (exact) mass is 941 g/mol. The van der Waals surface area contributed by atoms with E-state index in [1.54, 1.807) is 0 Å². The van der Waals surface area contributed by atoms with Crippen molar-refractivity contribution in [2.45, 2.75) is 211 Å². The van der Waals surface area contributed by atoms with Gasteiger partial charge in [-0.25, -0.2) is 0 Å². The highest BCUT2D eigenvalue weighted by Gasteiger charge is 2.70. The summed E-state index contributed by atoms with van der Waals surface area (Å²) in [6, 6.07) is 0. The van der Waals surface area contributed by atoms with Crippen LogP contribution in [-0.2, 0) is 38.0 Å². The van der Waals surface area contributed by atoms with E-state index in [4.69, 9.17) is 28.4 Å². The maximum Gasteiger partial charge on any atom is 0.315 e. The SMILES string of the molecule is C[C@@H]1O[C@@H](O[C@H]2[C@H](O)[C@@H](O)[C@H](OC[C@H]3O[C@@H](OC(=O)[C@@]45CC[C@]6(C)C(=CC[C@@H]7[C@@]8(C)CC[C@@H](O)C(C)(C)[C@@H]8CC[C@]76C)[C@@H]4CC(C)(C)C(=O)C5)[C@H](O)[C@@H](O)[C@@H]3O)O[C@@H]2CO)[C@H](O)[C@H](O)[C@H]1O. The summed E-state index contributed by atoms with van der Waals surface area (Å²) in [5.74, 6) is -0.528. The second kappa shape index (κ2) is 17.5. The second-order valence-electron chi connectivity index (χ2n) is 23.3. The lowest BCUT2D eigenvalue weighted by Gasteiger charge is -2.71. The molecule has 8 rings (SSSR count). The molecule has 3 aliphatic heterocycles. The van der Waals surface area contributed by atoms with Gasteiger partial charge in [0, 0.05) is 11.8 Å². The van der Waals surface area contributed by atoms with E-state index in [1.165, 1.54) is 6.92 Å². The van der Waals surface area contributed by atoms with Crippen LogP contribution in [0.3, 0.4) is 0 Å². The van der Waals surface area contributed by atoms with E-state index < -0.39 is 122 Å². The number of hydrogen-bond donors (Lipinski definition) is 10. The van der Waals surface area contributed by atoms with Crippen LogP contribution >= 0.6 is 0 Å². The molecule has 7 fully saturated rings. The largest absolute Gasteiger partial charge is 0.432 e. The molecule has 0 aromatic carbocycles. The summed E-state index contributed by atoms with van der Waals surface area (Å²) in [6.07, 6.45) is -17.0. The number of Topliss-reactive ketones (excluding diaryl/α,β-unsaturated/α-hetero) is 1. The molecule has 0 spiro atoms. The predicted octanol–water partition coefficient (Wildman–Crippen LogP) is 0.347. The van der Waals surface area contributed by atoms with Crippen LogP contribution in [0.25, 0.3) is 0 Å². The van der Waals surface area contributed by atoms with Crippen molar-refractivity contribution in [3.8, 4) is 0 Å². The number of esters is 1. The standard InChI is InChI=1S/C48H76O18/c1-21-30(52)32(54)35(57)40(62-21)65-38-24(19-49)63-39(37(59)34(38)56)61-20-25-31(53)33(55)36(58)41(64-25)66-42(60)48-16-15-46(7)22(23(48)17-43(2,3)29(51)18-48)9-10-27-45(6)13-12-28(50)44(4,5)26(45)11-14-47(27,46)8/h9,21,23-28,30-41,49-50,52-59H,10-20H2,1-8H3/t21-,23-,24+,25+,26-,27+,28+,30-,31+,32+,33-,34+,35+,36+,37+,38+,39+,40-,41-,45-,46+,47+,48+/m0/s1. The zero-order valence-electron chi connectivity index (χ0n) is 39.6. The zero-order chi connectivity index (χ0) is 48.4. The first kappa shape index (κ1) is 50.7. The van der Waals surface area contributed by atoms with Gasteiger partial charge in [-0.15, -0.1) is 0 Å². The third-order valence-electron chi connectivity index (χ3n) is 19.2. The normalized spacial score (nSPS) is 53.3. The van der Waals surface area contributed by atoms with Crippen LogP contribution in [0.4, 0.5) is 0 Å². The Bertz CT molecular complexity index is 1860. The molecular weight excluding hydrogens is 865 g/mol. The highest BCUT2D eigenvalue weighted by molar-refractivity contribution is 5.92. The summed E-state index contributed by atoms with van der Waals surface area (Å²) in [5.41, 5.74) is -1.55. The van der Waals surface area contributed by atoms with E-state index in [1.807, 2.05) is 13.8 Å². The minimum absolute atomic E-state index is 0.000796. The van der Waals surface area contributed by atoms with Crippen LogP contribution in [0.15, 0.2) is 11.6 Å². The maximum absolute atomic E-state index is 14.9. The quantitative estimate of drug-likeness (QED) is 0.116. The Morgan fingerprint density at radius 2 is 1.35 bits per heavy atom. The van der Waals surface area contributed by atoms with Gasteiger partial charge in [0.05, 0.1) is 30.8 Å². The number of fused-ring (bicyclic) bond motifs is 7. The average molecular weight is 941 g/mol. The van der Waals surface area contributed by atoms with Crippen molar-refractivity contribution >= 4 is 11.8 Å². The molecule has 0 bridgehead atoms. The number of ether oxygens (including phenoxy) is 6. The lowest BCUT2D eigenvalue weighted by molar-refractivity contribution is -0.361. The molecule has 23 atom stereocenters. The molecule has 0 aromatic rings. The molecule has 18 heteroatoms. The smallest absolute Gasteiger partial charge is 0.315 e. The first-order valence-electron chi connectivity index (χ1n) is 24.1. The molecule has 0 amide bonds. The average Bonchev–Trinajstić information content (AvgIpc) is 3.26. The van der Waals surface area contributed by atoms with Crippen LogP contribution in [0.1, 0.15) is 113 Å². The third-order valence-corrected chi connectivity index (χ3v) is 19.2. The van der Waals surface area contributed by atoms with E-state index in [-0.39, 0.29) is 45.9 Å². The van der Waals surface area contributed by atoms with Gasteiger partial charge in [0.1, 0.15) is 72.9 Å². The molecule has 3 saturated heterocycles. The lowest BCUT2D eigenvalue weighted by Crippen LogP contribution is -2.66. The number of rotatable bonds is 8. The Labute approximate surface area is 386 Å². The van der Waals surface area contributed by atoms with Gasteiger partial charge >= 0.3 is 5.97 Å². The molecule has 18 nitrogen and oxygen atoms in total. The van der Waals surface area contributed by atoms with Crippen molar-refractivity contribution in [1.29, 1.82) is 0 Å². The van der Waals surface area contributed by atoms with Gasteiger partial charge in [-0.1, -0.05) is 60.1 Å². The van der Waals surface area contributed by atoms with Gasteiger partial charge in [-0.3, -0.25) is 9.59 Å². The van der Waals surface area contributed by atoms with Gasteiger partial charge in [0.25, 0.3) is 0 Å². The van der Waals surface area contributed by atoms with Crippen molar-refractivity contribution in [3.63, 3.8) is 0 Å². The fourth-order valence-corrected chi connectivity index (χ4v) is 14.6. The molecule has 0 unspecified atom stereocenters. The molecule has 0 radical (unpaired) electrons. The van der Waals surface area contributed by atoms with Gasteiger partial charge < -0.3 is 79.5 Å². The predicted molar refractivity (Wildman–Crippen MR) is 229 cm³/mol. The minimum atomic E-state index is -1.91. The lowest BCUT2D eigenvalue weighted by atomic mass is 9.33. The number of allylic oxidation sites excluding steroid dienone is 2. The van der Waals surface area contributed by atoms with Crippen LogP contribution in [0.2, 0.25) is 0 Å². The van der Waals surface area contributed by atoms with E-state index in [0.29, 0.717) is 31.1 Å². The molecule has 5 aliphatic carbocycles. The molecular formula is C48H76O18. The van der Waals surface area contributed by atoms with E-state index in [2.05, 4.69) is 40.7 Å². The highest BCUT2D eigenvalue weighted by Crippen LogP contribution is 2.75. The zero-order valence-corrected chi connectivity index (χ0v) is 39.6. The number of carbonyl (C=O) groups is 2. The van der Waals surface area contributed by atoms with Gasteiger partial charge in [0.2, 0.25) is 6.29 Å². The summed E-state index contributed by atoms with van der Waals surface area (Å²) < 4.78 is 34.5. The van der Waals surface area contributed by atoms with Crippen LogP contribution in [0.5, 0.6) is 0 Å². The Kier molecular flexibility index (Phi) is 13.5. The number of ketones is 1. The van der Waals surface area contributed by atoms with Crippen molar-refractivity contribution < 1.29 is 89.1 Å². The van der Waals surface area contributed by atoms with Crippen molar-refractivity contribution in [2.75, 3.05) is 13.2 Å². The van der Waals surface area contributed by atoms with Crippen LogP contribution in [-0.4, -0.2) is 174 Å². The first-order chi connectivity index (χ1) is 30.7. The number of carbonyl (C=O) groups excluding carboxylic acids is 2. The van der Waals surface area contributed by atoms with Crippen molar-refractivity contribution in [1.82, 2.24) is 0 Å². The number of aliphatic hydroxyl groups is 10. The van der Waals surface area contributed by atoms with Crippen LogP contribution in [0, 0.1) is 50.2 Å². The summed E-state index contributed by atoms with van der Waals surface area (Å²) in [4.78, 5) is 28.9. The Morgan fingerprint density at radius 1 is 0.712 bits per heavy atom. The maximum atomic E-state index is 14.9. The Morgan fingerprint density at radius 3 is 2.03 bits per heavy atom. The summed E-state index contributed by atoms with van der Waals surface area (Å²) in [6.45, 7) is 15.4. The minimum Gasteiger partial charge on any atom is -0.432 e. The number of aliphatic hydroxyl groups excluding tert-OH is 10. The van der Waals surface area contributed by atoms with Gasteiger partial charge in [-0.05, 0) is 97.7 Å². The molecule has 10 N–H and O–H groups in total. The van der Waals surface area contributed by atoms with Crippen LogP contribution < -0.4 is 0 Å². The fourth-order valence-electron chi connectivity index (χ4n) is 14.6. The summed E-state index contributed by atoms with van der Waals surface area (Å²) in [5, 5.41) is 107. The van der Waals surface area contributed by atoms with E-state index in [9.17, 15) is 60.7 Å². The molecule has 4 saturated carbocycles. The number of hydrogen-bond acceptors (Lipinski definition) is 18. The summed E-state index contributed by atoms with van der Waals surface area (Å²) in [7, 11) is 0. The second-order valence-corrected chi connectivity index (χ2v) is 23.3. The molecule has 3 heterocycles. The van der Waals surface area contributed by atoms with Gasteiger partial charge in [0.15, 0.2) is 12.6 Å². The molecule has 0 aromatic heterocycles. The van der Waals surface area contributed by atoms with Crippen molar-refractivity contribution in [2.24, 2.45) is 50.2 Å². The summed E-state index contributed by atoms with van der Waals surface area (Å²) >= 11 is 0. The van der Waals surface area contributed by atoms with Gasteiger partial charge in [-0.2, -0.15) is 0 Å². The van der Waals surface area contributed by atoms with Crippen molar-refractivity contribution in [3.05, 3.63) is 11.6 Å². The fraction of sp³-hybridized carbons (Fsp3) is 0.917. The third kappa shape index (κ3) is 7.70. The molecule has 66 heavy (non-hydrogen) atoms. The highest BCUT2D eigenvalue weighted by atomic mass is 16.8. The first-order valence-corrected chi connectivity index (χ1v) is 24.1. The Balaban J connectivity index is 0.987. The molecule has 376 valence electrons. The Hall–Kier alpha value is -1.72.